The largest absolute Gasteiger partial charge is 0.493 e. The molecule has 0 atom stereocenters. The second-order valence-corrected chi connectivity index (χ2v) is 8.05. The third kappa shape index (κ3) is 5.57. The summed E-state index contributed by atoms with van der Waals surface area (Å²) in [6, 6.07) is 21.1. The van der Waals surface area contributed by atoms with Gasteiger partial charge in [0.1, 0.15) is 18.2 Å². The van der Waals surface area contributed by atoms with Crippen LogP contribution in [-0.2, 0) is 11.4 Å². The zero-order valence-corrected chi connectivity index (χ0v) is 19.7. The van der Waals surface area contributed by atoms with E-state index in [9.17, 15) is 10.1 Å². The summed E-state index contributed by atoms with van der Waals surface area (Å²) in [6.45, 7) is 4.20. The third-order valence-electron chi connectivity index (χ3n) is 4.87. The molecule has 0 saturated carbocycles. The number of carbonyl (C=O) groups excluding carboxylic acids is 1. The molecule has 0 bridgehead atoms. The summed E-state index contributed by atoms with van der Waals surface area (Å²) in [4.78, 5) is 12.7. The fourth-order valence-corrected chi connectivity index (χ4v) is 3.77. The van der Waals surface area contributed by atoms with Crippen molar-refractivity contribution >= 4 is 33.6 Å². The Bertz CT molecular complexity index is 1180. The molecule has 5 nitrogen and oxygen atoms in total. The van der Waals surface area contributed by atoms with Crippen molar-refractivity contribution in [2.24, 2.45) is 0 Å². The smallest absolute Gasteiger partial charge is 0.266 e. The van der Waals surface area contributed by atoms with Gasteiger partial charge in [-0.05, 0) is 70.2 Å². The zero-order valence-electron chi connectivity index (χ0n) is 18.1. The first kappa shape index (κ1) is 23.1. The Morgan fingerprint density at radius 3 is 2.41 bits per heavy atom. The van der Waals surface area contributed by atoms with Crippen LogP contribution in [0.3, 0.4) is 0 Å². The predicted octanol–water partition coefficient (Wildman–Crippen LogP) is 6.20. The molecular weight excluding hydrogens is 468 g/mol. The number of para-hydroxylation sites is 1. The van der Waals surface area contributed by atoms with Gasteiger partial charge in [-0.3, -0.25) is 4.79 Å². The Labute approximate surface area is 196 Å². The van der Waals surface area contributed by atoms with E-state index in [4.69, 9.17) is 9.47 Å². The number of benzene rings is 3. The van der Waals surface area contributed by atoms with Crippen molar-refractivity contribution in [3.05, 3.63) is 93.0 Å². The lowest BCUT2D eigenvalue weighted by Crippen LogP contribution is -2.15. The van der Waals surface area contributed by atoms with Gasteiger partial charge in [-0.25, -0.2) is 0 Å². The molecule has 162 valence electrons. The molecule has 0 saturated heterocycles. The molecule has 0 aliphatic heterocycles. The molecule has 32 heavy (non-hydrogen) atoms. The normalized spacial score (nSPS) is 10.9. The van der Waals surface area contributed by atoms with Gasteiger partial charge >= 0.3 is 0 Å². The Balaban J connectivity index is 1.85. The molecule has 6 heteroatoms. The number of nitrogens with zero attached hydrogens (tertiary/aromatic N) is 1. The quantitative estimate of drug-likeness (QED) is 0.316. The van der Waals surface area contributed by atoms with Crippen molar-refractivity contribution in [2.45, 2.75) is 20.5 Å². The number of halogens is 1. The molecule has 3 aromatic rings. The topological polar surface area (TPSA) is 71.3 Å². The molecular formula is C26H23BrN2O3. The number of hydrogen-bond donors (Lipinski definition) is 1. The molecule has 1 N–H and O–H groups in total. The maximum atomic E-state index is 12.7. The van der Waals surface area contributed by atoms with Gasteiger partial charge in [0, 0.05) is 5.69 Å². The second-order valence-electron chi connectivity index (χ2n) is 7.20. The molecule has 1 amide bonds. The molecule has 0 aromatic heterocycles. The van der Waals surface area contributed by atoms with E-state index in [1.807, 2.05) is 68.4 Å². The van der Waals surface area contributed by atoms with Gasteiger partial charge in [0.2, 0.25) is 0 Å². The predicted molar refractivity (Wildman–Crippen MR) is 130 cm³/mol. The molecule has 0 aliphatic rings. The van der Waals surface area contributed by atoms with Crippen molar-refractivity contribution in [1.82, 2.24) is 0 Å². The van der Waals surface area contributed by atoms with Crippen LogP contribution in [0.25, 0.3) is 6.08 Å². The number of nitriles is 1. The maximum Gasteiger partial charge on any atom is 0.266 e. The van der Waals surface area contributed by atoms with E-state index in [1.165, 1.54) is 6.08 Å². The van der Waals surface area contributed by atoms with Crippen LogP contribution >= 0.6 is 15.9 Å². The Morgan fingerprint density at radius 1 is 1.09 bits per heavy atom. The summed E-state index contributed by atoms with van der Waals surface area (Å²) < 4.78 is 12.1. The Kier molecular flexibility index (Phi) is 7.69. The first-order valence-electron chi connectivity index (χ1n) is 9.96. The minimum absolute atomic E-state index is 0.0143. The van der Waals surface area contributed by atoms with Crippen molar-refractivity contribution in [1.29, 1.82) is 5.26 Å². The van der Waals surface area contributed by atoms with Crippen LogP contribution in [0.2, 0.25) is 0 Å². The number of anilines is 1. The van der Waals surface area contributed by atoms with Crippen LogP contribution in [0.5, 0.6) is 11.5 Å². The van der Waals surface area contributed by atoms with E-state index in [-0.39, 0.29) is 5.57 Å². The number of aryl methyl sites for hydroxylation is 2. The van der Waals surface area contributed by atoms with Crippen LogP contribution in [0.1, 0.15) is 22.3 Å². The summed E-state index contributed by atoms with van der Waals surface area (Å²) in [5.74, 6) is 0.574. The standard InChI is InChI=1S/C26H23BrN2O3/c1-17-8-7-9-18(2)24(17)29-26(30)21(15-28)12-20-13-22(27)25(23(14-20)31-3)32-16-19-10-5-4-6-11-19/h4-14H,16H2,1-3H3,(H,29,30)/b21-12-. The van der Waals surface area contributed by atoms with Gasteiger partial charge in [-0.15, -0.1) is 0 Å². The number of ether oxygens (including phenoxy) is 2. The lowest BCUT2D eigenvalue weighted by Gasteiger charge is -2.14. The van der Waals surface area contributed by atoms with Gasteiger partial charge < -0.3 is 14.8 Å². The monoisotopic (exact) mass is 490 g/mol. The van der Waals surface area contributed by atoms with Crippen LogP contribution in [0.4, 0.5) is 5.69 Å². The Morgan fingerprint density at radius 2 is 1.78 bits per heavy atom. The fraction of sp³-hybridized carbons (Fsp3) is 0.154. The summed E-state index contributed by atoms with van der Waals surface area (Å²) in [7, 11) is 1.55. The van der Waals surface area contributed by atoms with Crippen LogP contribution in [-0.4, -0.2) is 13.0 Å². The zero-order chi connectivity index (χ0) is 23.1. The Hall–Kier alpha value is -3.56. The van der Waals surface area contributed by atoms with Crippen LogP contribution in [0, 0.1) is 25.2 Å². The van der Waals surface area contributed by atoms with Crippen molar-refractivity contribution in [3.63, 3.8) is 0 Å². The maximum absolute atomic E-state index is 12.7. The molecule has 0 spiro atoms. The molecule has 0 heterocycles. The molecule has 0 fully saturated rings. The van der Waals surface area contributed by atoms with Crippen LogP contribution in [0.15, 0.2) is 70.7 Å². The number of nitrogens with one attached hydrogen (secondary N) is 1. The average molecular weight is 491 g/mol. The summed E-state index contributed by atoms with van der Waals surface area (Å²) in [5.41, 5.74) is 4.22. The summed E-state index contributed by atoms with van der Waals surface area (Å²) >= 11 is 3.52. The van der Waals surface area contributed by atoms with Crippen molar-refractivity contribution < 1.29 is 14.3 Å². The van der Waals surface area contributed by atoms with E-state index in [2.05, 4.69) is 21.2 Å². The summed E-state index contributed by atoms with van der Waals surface area (Å²) in [5, 5.41) is 12.4. The van der Waals surface area contributed by atoms with Crippen molar-refractivity contribution in [3.8, 4) is 17.6 Å². The summed E-state index contributed by atoms with van der Waals surface area (Å²) in [6.07, 6.45) is 1.52. The van der Waals surface area contributed by atoms with Crippen molar-refractivity contribution in [2.75, 3.05) is 12.4 Å². The lowest BCUT2D eigenvalue weighted by molar-refractivity contribution is -0.112. The first-order valence-corrected chi connectivity index (χ1v) is 10.8. The molecule has 3 aromatic carbocycles. The van der Waals surface area contributed by atoms with Gasteiger partial charge in [0.15, 0.2) is 11.5 Å². The SMILES string of the molecule is COc1cc(/C=C(/C#N)C(=O)Nc2c(C)cccc2C)cc(Br)c1OCc1ccccc1. The highest BCUT2D eigenvalue weighted by Crippen LogP contribution is 2.38. The highest BCUT2D eigenvalue weighted by atomic mass is 79.9. The fourth-order valence-electron chi connectivity index (χ4n) is 3.20. The average Bonchev–Trinajstić information content (AvgIpc) is 2.79. The van der Waals surface area contributed by atoms with E-state index in [0.29, 0.717) is 33.8 Å². The molecule has 0 radical (unpaired) electrons. The minimum Gasteiger partial charge on any atom is -0.493 e. The number of methoxy groups -OCH3 is 1. The van der Waals surface area contributed by atoms with Gasteiger partial charge in [-0.1, -0.05) is 48.5 Å². The highest BCUT2D eigenvalue weighted by Gasteiger charge is 2.15. The van der Waals surface area contributed by atoms with E-state index in [0.717, 1.165) is 16.7 Å². The second kappa shape index (κ2) is 10.7. The van der Waals surface area contributed by atoms with E-state index >= 15 is 0 Å². The third-order valence-corrected chi connectivity index (χ3v) is 5.46. The molecule has 0 aliphatic carbocycles. The van der Waals surface area contributed by atoms with Crippen LogP contribution < -0.4 is 14.8 Å². The number of hydrogen-bond acceptors (Lipinski definition) is 4. The molecule has 0 unspecified atom stereocenters. The lowest BCUT2D eigenvalue weighted by atomic mass is 10.1. The van der Waals surface area contributed by atoms with Gasteiger partial charge in [0.05, 0.1) is 11.6 Å². The number of rotatable bonds is 7. The van der Waals surface area contributed by atoms with Gasteiger partial charge in [-0.2, -0.15) is 5.26 Å². The molecule has 3 rings (SSSR count). The van der Waals surface area contributed by atoms with Gasteiger partial charge in [0.25, 0.3) is 5.91 Å². The van der Waals surface area contributed by atoms with E-state index < -0.39 is 5.91 Å². The van der Waals surface area contributed by atoms with E-state index in [1.54, 1.807) is 19.2 Å². The highest BCUT2D eigenvalue weighted by molar-refractivity contribution is 9.10. The minimum atomic E-state index is -0.468. The number of carbonyl (C=O) groups is 1. The number of amides is 1. The first-order chi connectivity index (χ1) is 15.4.